The number of carbonyl (C=O) groups excluding carboxylic acids is 2. The molecule has 0 saturated carbocycles. The number of hydrogen-bond acceptors (Lipinski definition) is 4. The first-order valence-corrected chi connectivity index (χ1v) is 15.1. The molecule has 0 amide bonds. The van der Waals surface area contributed by atoms with E-state index in [-0.39, 0.29) is 12.2 Å². The number of benzene rings is 2. The molecule has 0 saturated heterocycles. The number of hydrogen-bond donors (Lipinski definition) is 0. The second kappa shape index (κ2) is 19.4. The van der Waals surface area contributed by atoms with Gasteiger partial charge in [0.2, 0.25) is 0 Å². The molecule has 0 aromatic heterocycles. The van der Waals surface area contributed by atoms with Crippen molar-refractivity contribution < 1.29 is 19.1 Å². The first kappa shape index (κ1) is 31.6. The predicted molar refractivity (Wildman–Crippen MR) is 156 cm³/mol. The lowest BCUT2D eigenvalue weighted by Crippen LogP contribution is -2.34. The van der Waals surface area contributed by atoms with Crippen molar-refractivity contribution in [1.82, 2.24) is 0 Å². The standard InChI is InChI=1S/C34H50O4/c1-4-7-8-9-10-11-18-25-32(33(35)37-30(19-5-2)26-28-21-14-12-15-22-28)34(36)38-31(20-6-3)27-29-23-16-13-17-24-29/h12-17,21-24,30-32H,4-11,18-20,25-27H2,1-3H3. The lowest BCUT2D eigenvalue weighted by atomic mass is 9.98. The molecule has 2 atom stereocenters. The van der Waals surface area contributed by atoms with Crippen molar-refractivity contribution in [3.63, 3.8) is 0 Å². The van der Waals surface area contributed by atoms with E-state index in [0.29, 0.717) is 19.3 Å². The molecule has 0 aliphatic heterocycles. The summed E-state index contributed by atoms with van der Waals surface area (Å²) in [5.74, 6) is -1.72. The molecule has 4 nitrogen and oxygen atoms in total. The van der Waals surface area contributed by atoms with Crippen LogP contribution in [0.25, 0.3) is 0 Å². The third-order valence-corrected chi connectivity index (χ3v) is 7.06. The van der Waals surface area contributed by atoms with E-state index in [9.17, 15) is 9.59 Å². The van der Waals surface area contributed by atoms with Crippen LogP contribution in [0.5, 0.6) is 0 Å². The molecule has 0 N–H and O–H groups in total. The fourth-order valence-electron chi connectivity index (χ4n) is 4.93. The van der Waals surface area contributed by atoms with Gasteiger partial charge in [0, 0.05) is 12.8 Å². The van der Waals surface area contributed by atoms with Crippen molar-refractivity contribution >= 4 is 11.9 Å². The summed E-state index contributed by atoms with van der Waals surface area (Å²) < 4.78 is 12.0. The highest BCUT2D eigenvalue weighted by Gasteiger charge is 2.32. The molecular formula is C34H50O4. The average Bonchev–Trinajstić information content (AvgIpc) is 2.91. The number of esters is 2. The van der Waals surface area contributed by atoms with Gasteiger partial charge in [0.1, 0.15) is 12.2 Å². The van der Waals surface area contributed by atoms with E-state index in [2.05, 4.69) is 45.0 Å². The molecule has 0 spiro atoms. The lowest BCUT2D eigenvalue weighted by Gasteiger charge is -2.24. The molecular weight excluding hydrogens is 472 g/mol. The first-order chi connectivity index (χ1) is 18.6. The Morgan fingerprint density at radius 3 is 1.39 bits per heavy atom. The van der Waals surface area contributed by atoms with E-state index in [1.165, 1.54) is 25.7 Å². The van der Waals surface area contributed by atoms with Gasteiger partial charge in [-0.05, 0) is 30.4 Å². The van der Waals surface area contributed by atoms with Crippen LogP contribution >= 0.6 is 0 Å². The van der Waals surface area contributed by atoms with E-state index in [1.54, 1.807) is 0 Å². The molecule has 2 aromatic carbocycles. The molecule has 2 aromatic rings. The Labute approximate surface area is 231 Å². The number of ether oxygens (including phenoxy) is 2. The third-order valence-electron chi connectivity index (χ3n) is 7.06. The van der Waals surface area contributed by atoms with Gasteiger partial charge in [-0.15, -0.1) is 0 Å². The maximum atomic E-state index is 13.4. The van der Waals surface area contributed by atoms with Gasteiger partial charge in [0.15, 0.2) is 5.92 Å². The van der Waals surface area contributed by atoms with Crippen LogP contribution in [-0.2, 0) is 31.9 Å². The van der Waals surface area contributed by atoms with E-state index in [0.717, 1.165) is 56.1 Å². The summed E-state index contributed by atoms with van der Waals surface area (Å²) in [5, 5.41) is 0. The average molecular weight is 523 g/mol. The Kier molecular flexibility index (Phi) is 16.2. The quantitative estimate of drug-likeness (QED) is 0.0992. The van der Waals surface area contributed by atoms with Gasteiger partial charge in [-0.25, -0.2) is 0 Å². The summed E-state index contributed by atoms with van der Waals surface area (Å²) >= 11 is 0. The Bertz CT molecular complexity index is 814. The molecule has 0 radical (unpaired) electrons. The van der Waals surface area contributed by atoms with Crippen LogP contribution in [0.15, 0.2) is 60.7 Å². The van der Waals surface area contributed by atoms with Crippen LogP contribution in [0.2, 0.25) is 0 Å². The second-order valence-electron chi connectivity index (χ2n) is 10.5. The summed E-state index contributed by atoms with van der Waals surface area (Å²) in [4.78, 5) is 26.9. The van der Waals surface area contributed by atoms with Crippen molar-refractivity contribution in [3.05, 3.63) is 71.8 Å². The first-order valence-electron chi connectivity index (χ1n) is 15.1. The SMILES string of the molecule is CCCCCCCCCC(C(=O)OC(CCC)Cc1ccccc1)C(=O)OC(CCC)Cc1ccccc1. The number of unbranched alkanes of at least 4 members (excludes halogenated alkanes) is 6. The van der Waals surface area contributed by atoms with Crippen molar-refractivity contribution in [3.8, 4) is 0 Å². The maximum absolute atomic E-state index is 13.4. The van der Waals surface area contributed by atoms with Gasteiger partial charge < -0.3 is 9.47 Å². The summed E-state index contributed by atoms with van der Waals surface area (Å²) in [7, 11) is 0. The van der Waals surface area contributed by atoms with Gasteiger partial charge in [0.05, 0.1) is 0 Å². The Balaban J connectivity index is 2.06. The molecule has 0 aliphatic rings. The second-order valence-corrected chi connectivity index (χ2v) is 10.5. The van der Waals surface area contributed by atoms with Crippen LogP contribution < -0.4 is 0 Å². The summed E-state index contributed by atoms with van der Waals surface area (Å²) in [6, 6.07) is 20.2. The normalized spacial score (nSPS) is 13.4. The zero-order chi connectivity index (χ0) is 27.4. The third kappa shape index (κ3) is 12.8. The topological polar surface area (TPSA) is 52.6 Å². The Hall–Kier alpha value is -2.62. The molecule has 0 fully saturated rings. The van der Waals surface area contributed by atoms with Gasteiger partial charge in [-0.2, -0.15) is 0 Å². The largest absolute Gasteiger partial charge is 0.461 e. The number of carbonyl (C=O) groups is 2. The van der Waals surface area contributed by atoms with Crippen LogP contribution in [0.4, 0.5) is 0 Å². The van der Waals surface area contributed by atoms with E-state index in [4.69, 9.17) is 9.47 Å². The van der Waals surface area contributed by atoms with E-state index >= 15 is 0 Å². The maximum Gasteiger partial charge on any atom is 0.320 e. The lowest BCUT2D eigenvalue weighted by molar-refractivity contribution is -0.169. The van der Waals surface area contributed by atoms with Crippen molar-refractivity contribution in [2.24, 2.45) is 5.92 Å². The van der Waals surface area contributed by atoms with Crippen LogP contribution in [0.3, 0.4) is 0 Å². The van der Waals surface area contributed by atoms with Crippen LogP contribution in [-0.4, -0.2) is 24.1 Å². The molecule has 38 heavy (non-hydrogen) atoms. The highest BCUT2D eigenvalue weighted by atomic mass is 16.6. The Morgan fingerprint density at radius 1 is 0.553 bits per heavy atom. The fraction of sp³-hybridized carbons (Fsp3) is 0.588. The van der Waals surface area contributed by atoms with Crippen molar-refractivity contribution in [2.75, 3.05) is 0 Å². The number of rotatable bonds is 20. The molecule has 4 heteroatoms. The summed E-state index contributed by atoms with van der Waals surface area (Å²) in [6.45, 7) is 6.40. The van der Waals surface area contributed by atoms with Gasteiger partial charge in [-0.1, -0.05) is 139 Å². The highest BCUT2D eigenvalue weighted by Crippen LogP contribution is 2.21. The minimum Gasteiger partial charge on any atom is -0.461 e. The predicted octanol–water partition coefficient (Wildman–Crippen LogP) is 8.65. The van der Waals surface area contributed by atoms with Gasteiger partial charge in [-0.3, -0.25) is 9.59 Å². The van der Waals surface area contributed by atoms with Crippen LogP contribution in [0.1, 0.15) is 109 Å². The molecule has 2 rings (SSSR count). The van der Waals surface area contributed by atoms with E-state index < -0.39 is 17.9 Å². The van der Waals surface area contributed by atoms with Crippen molar-refractivity contribution in [2.45, 2.75) is 123 Å². The monoisotopic (exact) mass is 522 g/mol. The highest BCUT2D eigenvalue weighted by molar-refractivity contribution is 5.95. The van der Waals surface area contributed by atoms with Crippen LogP contribution in [0, 0.1) is 5.92 Å². The van der Waals surface area contributed by atoms with E-state index in [1.807, 2.05) is 36.4 Å². The fourth-order valence-corrected chi connectivity index (χ4v) is 4.93. The van der Waals surface area contributed by atoms with Gasteiger partial charge in [0.25, 0.3) is 0 Å². The Morgan fingerprint density at radius 2 is 0.974 bits per heavy atom. The minimum absolute atomic E-state index is 0.241. The zero-order valence-corrected chi connectivity index (χ0v) is 24.0. The molecule has 210 valence electrons. The molecule has 0 bridgehead atoms. The molecule has 2 unspecified atom stereocenters. The summed E-state index contributed by atoms with van der Waals surface area (Å²) in [6.07, 6.45) is 12.6. The zero-order valence-electron chi connectivity index (χ0n) is 24.0. The summed E-state index contributed by atoms with van der Waals surface area (Å²) in [5.41, 5.74) is 2.27. The molecule has 0 heterocycles. The van der Waals surface area contributed by atoms with Crippen molar-refractivity contribution in [1.29, 1.82) is 0 Å². The minimum atomic E-state index is -0.865. The smallest absolute Gasteiger partial charge is 0.320 e. The molecule has 0 aliphatic carbocycles. The van der Waals surface area contributed by atoms with Gasteiger partial charge >= 0.3 is 11.9 Å².